The number of hydrazone groups is 1. The number of amides is 2. The third-order valence-electron chi connectivity index (χ3n) is 6.44. The summed E-state index contributed by atoms with van der Waals surface area (Å²) in [4.78, 5) is 25.8. The molecular weight excluding hydrogens is 356 g/mol. The fourth-order valence-corrected chi connectivity index (χ4v) is 5.41. The predicted octanol–water partition coefficient (Wildman–Crippen LogP) is 2.46. The average molecular weight is 371 g/mol. The maximum absolute atomic E-state index is 12.9. The maximum Gasteiger partial charge on any atom is 0.254 e. The number of nitrogens with zero attached hydrogens (tertiary/aromatic N) is 2. The smallest absolute Gasteiger partial charge is 0.254 e. The lowest BCUT2D eigenvalue weighted by Crippen LogP contribution is -2.40. The van der Waals surface area contributed by atoms with Crippen LogP contribution in [0.5, 0.6) is 11.5 Å². The van der Waals surface area contributed by atoms with Crippen molar-refractivity contribution in [2.45, 2.75) is 6.42 Å². The minimum absolute atomic E-state index is 0.150. The summed E-state index contributed by atoms with van der Waals surface area (Å²) in [6.07, 6.45) is 6.89. The number of rotatable bonds is 2. The van der Waals surface area contributed by atoms with Gasteiger partial charge in [-0.25, -0.2) is 0 Å². The average Bonchev–Trinajstić information content (AvgIpc) is 3.29. The fourth-order valence-electron chi connectivity index (χ4n) is 5.21. The van der Waals surface area contributed by atoms with Gasteiger partial charge in [-0.15, -0.1) is 0 Å². The molecule has 132 valence electrons. The monoisotopic (exact) mass is 370 g/mol. The van der Waals surface area contributed by atoms with E-state index in [-0.39, 0.29) is 42.3 Å². The zero-order valence-electron chi connectivity index (χ0n) is 13.7. The fraction of sp³-hybridized carbons (Fsp3) is 0.421. The first-order chi connectivity index (χ1) is 12.6. The van der Waals surface area contributed by atoms with E-state index in [1.807, 2.05) is 0 Å². The number of hydrogen-bond acceptors (Lipinski definition) is 5. The molecule has 2 bridgehead atoms. The van der Waals surface area contributed by atoms with Gasteiger partial charge in [0.25, 0.3) is 11.8 Å². The standard InChI is InChI=1S/C19H15ClN2O4/c20-13-5-15-14(25-7-26-15)3-8(13)6-21-22-18(23)16-9-1-2-10(12-4-11(9)12)17(16)19(22)24/h1-3,5-6,9-12,16-17H,4,7H2/b21-6-/t9-,10-,11-,12-,16+,17+/m1/s1. The summed E-state index contributed by atoms with van der Waals surface area (Å²) >= 11 is 6.24. The molecule has 2 aliphatic heterocycles. The molecular formula is C19H15ClN2O4. The molecule has 6 aliphatic rings. The van der Waals surface area contributed by atoms with Gasteiger partial charge in [-0.1, -0.05) is 23.8 Å². The highest BCUT2D eigenvalue weighted by molar-refractivity contribution is 6.33. The van der Waals surface area contributed by atoms with Crippen molar-refractivity contribution in [2.24, 2.45) is 40.6 Å². The number of benzene rings is 1. The largest absolute Gasteiger partial charge is 0.454 e. The summed E-state index contributed by atoms with van der Waals surface area (Å²) in [5.74, 6) is 1.85. The number of hydrogen-bond donors (Lipinski definition) is 0. The van der Waals surface area contributed by atoms with Crippen LogP contribution in [0.25, 0.3) is 0 Å². The first-order valence-electron chi connectivity index (χ1n) is 8.83. The first-order valence-corrected chi connectivity index (χ1v) is 9.20. The van der Waals surface area contributed by atoms with E-state index in [2.05, 4.69) is 17.3 Å². The van der Waals surface area contributed by atoms with Crippen molar-refractivity contribution in [3.05, 3.63) is 34.9 Å². The number of halogens is 1. The van der Waals surface area contributed by atoms with Crippen LogP contribution in [0.4, 0.5) is 0 Å². The van der Waals surface area contributed by atoms with Crippen LogP contribution in [-0.2, 0) is 9.59 Å². The van der Waals surface area contributed by atoms with Crippen molar-refractivity contribution >= 4 is 29.6 Å². The lowest BCUT2D eigenvalue weighted by molar-refractivity contribution is -0.140. The van der Waals surface area contributed by atoms with Gasteiger partial charge in [-0.2, -0.15) is 10.1 Å². The van der Waals surface area contributed by atoms with E-state index in [4.69, 9.17) is 21.1 Å². The minimum atomic E-state index is -0.245. The topological polar surface area (TPSA) is 68.2 Å². The van der Waals surface area contributed by atoms with E-state index in [0.29, 0.717) is 33.9 Å². The van der Waals surface area contributed by atoms with Crippen LogP contribution in [0.2, 0.25) is 5.02 Å². The number of ether oxygens (including phenoxy) is 2. The molecule has 1 saturated heterocycles. The predicted molar refractivity (Wildman–Crippen MR) is 91.7 cm³/mol. The molecule has 0 unspecified atom stereocenters. The van der Waals surface area contributed by atoms with E-state index >= 15 is 0 Å². The molecule has 2 amide bonds. The highest BCUT2D eigenvalue weighted by Crippen LogP contribution is 2.65. The summed E-state index contributed by atoms with van der Waals surface area (Å²) in [5, 5.41) is 5.68. The molecule has 3 fully saturated rings. The van der Waals surface area contributed by atoms with Gasteiger partial charge in [0.05, 0.1) is 23.1 Å². The van der Waals surface area contributed by atoms with E-state index < -0.39 is 0 Å². The van der Waals surface area contributed by atoms with E-state index in [9.17, 15) is 9.59 Å². The zero-order chi connectivity index (χ0) is 17.6. The number of carbonyl (C=O) groups excluding carboxylic acids is 2. The molecule has 6 atom stereocenters. The molecule has 1 aromatic rings. The molecule has 26 heavy (non-hydrogen) atoms. The van der Waals surface area contributed by atoms with Gasteiger partial charge in [0.15, 0.2) is 11.5 Å². The number of allylic oxidation sites excluding steroid dienone is 2. The summed E-state index contributed by atoms with van der Waals surface area (Å²) in [7, 11) is 0. The van der Waals surface area contributed by atoms with Crippen LogP contribution in [0.3, 0.4) is 0 Å². The second-order valence-corrected chi connectivity index (χ2v) is 8.02. The highest BCUT2D eigenvalue weighted by atomic mass is 35.5. The quantitative estimate of drug-likeness (QED) is 0.455. The molecule has 7 rings (SSSR count). The second kappa shape index (κ2) is 4.88. The Morgan fingerprint density at radius 3 is 2.31 bits per heavy atom. The molecule has 0 spiro atoms. The van der Waals surface area contributed by atoms with E-state index in [1.54, 1.807) is 12.1 Å². The molecule has 0 radical (unpaired) electrons. The molecule has 2 saturated carbocycles. The Labute approximate surface area is 154 Å². The Bertz CT molecular complexity index is 890. The summed E-state index contributed by atoms with van der Waals surface area (Å²) in [6, 6.07) is 3.35. The van der Waals surface area contributed by atoms with Crippen LogP contribution in [0, 0.1) is 35.5 Å². The van der Waals surface area contributed by atoms with E-state index in [1.165, 1.54) is 6.21 Å². The van der Waals surface area contributed by atoms with Crippen LogP contribution in [0.1, 0.15) is 12.0 Å². The van der Waals surface area contributed by atoms with Gasteiger partial charge in [0.1, 0.15) is 0 Å². The van der Waals surface area contributed by atoms with Gasteiger partial charge >= 0.3 is 0 Å². The van der Waals surface area contributed by atoms with E-state index in [0.717, 1.165) is 11.4 Å². The number of fused-ring (bicyclic) bond motifs is 1. The molecule has 0 aromatic heterocycles. The lowest BCUT2D eigenvalue weighted by Gasteiger charge is -2.37. The lowest BCUT2D eigenvalue weighted by atomic mass is 9.63. The van der Waals surface area contributed by atoms with Gasteiger partial charge in [0, 0.05) is 11.6 Å². The molecule has 4 aliphatic carbocycles. The SMILES string of the molecule is O=C1[C@H]2[C@@H]3C=C[C@H]([C@H]4C[C@H]34)[C@@H]2C(=O)N1/N=C\c1cc2c(cc1Cl)OCO2. The summed E-state index contributed by atoms with van der Waals surface area (Å²) in [6.45, 7) is 0.150. The third kappa shape index (κ3) is 1.80. The highest BCUT2D eigenvalue weighted by Gasteiger charge is 2.67. The maximum atomic E-state index is 12.9. The molecule has 1 aromatic carbocycles. The van der Waals surface area contributed by atoms with Crippen LogP contribution >= 0.6 is 11.6 Å². The van der Waals surface area contributed by atoms with Crippen molar-refractivity contribution in [1.29, 1.82) is 0 Å². The zero-order valence-corrected chi connectivity index (χ0v) is 14.4. The van der Waals surface area contributed by atoms with Crippen molar-refractivity contribution in [3.63, 3.8) is 0 Å². The van der Waals surface area contributed by atoms with Crippen molar-refractivity contribution in [2.75, 3.05) is 6.79 Å². The molecule has 0 N–H and O–H groups in total. The van der Waals surface area contributed by atoms with Crippen molar-refractivity contribution in [3.8, 4) is 11.5 Å². The molecule has 6 nitrogen and oxygen atoms in total. The Morgan fingerprint density at radius 2 is 1.65 bits per heavy atom. The Hall–Kier alpha value is -2.34. The molecule has 2 heterocycles. The van der Waals surface area contributed by atoms with Crippen LogP contribution in [-0.4, -0.2) is 29.8 Å². The Morgan fingerprint density at radius 1 is 1.04 bits per heavy atom. The number of carbonyl (C=O) groups is 2. The number of imide groups is 1. The molecule has 7 heteroatoms. The van der Waals surface area contributed by atoms with Gasteiger partial charge in [0.2, 0.25) is 6.79 Å². The first kappa shape index (κ1) is 14.8. The minimum Gasteiger partial charge on any atom is -0.454 e. The van der Waals surface area contributed by atoms with Crippen molar-refractivity contribution in [1.82, 2.24) is 5.01 Å². The van der Waals surface area contributed by atoms with Crippen molar-refractivity contribution < 1.29 is 19.1 Å². The van der Waals surface area contributed by atoms with Gasteiger partial charge in [-0.05, 0) is 36.2 Å². The van der Waals surface area contributed by atoms with Gasteiger partial charge < -0.3 is 9.47 Å². The van der Waals surface area contributed by atoms with Gasteiger partial charge in [-0.3, -0.25) is 9.59 Å². The summed E-state index contributed by atoms with van der Waals surface area (Å²) < 4.78 is 10.6. The second-order valence-electron chi connectivity index (χ2n) is 7.61. The Kier molecular flexibility index (Phi) is 2.78. The Balaban J connectivity index is 1.32. The van der Waals surface area contributed by atoms with Crippen LogP contribution in [0.15, 0.2) is 29.4 Å². The normalized spacial score (nSPS) is 38.3. The third-order valence-corrected chi connectivity index (χ3v) is 6.77. The van der Waals surface area contributed by atoms with Crippen LogP contribution < -0.4 is 9.47 Å². The summed E-state index contributed by atoms with van der Waals surface area (Å²) in [5.41, 5.74) is 0.579.